The monoisotopic (exact) mass is 252 g/mol. The SMILES string of the molecule is CC1CC1c1ccc(CNc2ccccc2C#N)o1. The average Bonchev–Trinajstić information content (AvgIpc) is 2.99. The first-order valence-electron chi connectivity index (χ1n) is 6.59. The van der Waals surface area contributed by atoms with Crippen molar-refractivity contribution < 1.29 is 4.42 Å². The Morgan fingerprint density at radius 3 is 2.84 bits per heavy atom. The van der Waals surface area contributed by atoms with E-state index in [0.717, 1.165) is 23.1 Å². The van der Waals surface area contributed by atoms with Gasteiger partial charge in [0.15, 0.2) is 0 Å². The summed E-state index contributed by atoms with van der Waals surface area (Å²) in [5.74, 6) is 3.38. The number of rotatable bonds is 4. The Kier molecular flexibility index (Phi) is 3.00. The second-order valence-electron chi connectivity index (χ2n) is 5.13. The van der Waals surface area contributed by atoms with Crippen molar-refractivity contribution >= 4 is 5.69 Å². The minimum Gasteiger partial charge on any atom is -0.464 e. The summed E-state index contributed by atoms with van der Waals surface area (Å²) in [5, 5.41) is 12.3. The first-order valence-corrected chi connectivity index (χ1v) is 6.59. The van der Waals surface area contributed by atoms with Crippen molar-refractivity contribution in [3.8, 4) is 6.07 Å². The van der Waals surface area contributed by atoms with E-state index in [2.05, 4.69) is 24.4 Å². The number of nitriles is 1. The Hall–Kier alpha value is -2.21. The van der Waals surface area contributed by atoms with E-state index in [1.807, 2.05) is 30.3 Å². The van der Waals surface area contributed by atoms with Crippen LogP contribution in [0.1, 0.15) is 36.3 Å². The average molecular weight is 252 g/mol. The summed E-state index contributed by atoms with van der Waals surface area (Å²) in [5.41, 5.74) is 1.51. The third-order valence-corrected chi connectivity index (χ3v) is 3.66. The minimum atomic E-state index is 0.611. The van der Waals surface area contributed by atoms with E-state index >= 15 is 0 Å². The van der Waals surface area contributed by atoms with Gasteiger partial charge in [0.05, 0.1) is 17.8 Å². The highest BCUT2D eigenvalue weighted by atomic mass is 16.3. The van der Waals surface area contributed by atoms with Crippen LogP contribution < -0.4 is 5.32 Å². The molecule has 1 aliphatic carbocycles. The standard InChI is InChI=1S/C16H16N2O/c1-11-8-14(11)16-7-6-13(19-16)10-18-15-5-3-2-4-12(15)9-17/h2-7,11,14,18H,8,10H2,1H3. The molecular formula is C16H16N2O. The fourth-order valence-corrected chi connectivity index (χ4v) is 2.32. The summed E-state index contributed by atoms with van der Waals surface area (Å²) in [6.45, 7) is 2.86. The lowest BCUT2D eigenvalue weighted by molar-refractivity contribution is 0.468. The number of hydrogen-bond acceptors (Lipinski definition) is 3. The highest BCUT2D eigenvalue weighted by Crippen LogP contribution is 2.47. The predicted molar refractivity (Wildman–Crippen MR) is 73.7 cm³/mol. The highest BCUT2D eigenvalue weighted by Gasteiger charge is 2.36. The van der Waals surface area contributed by atoms with Crippen molar-refractivity contribution in [2.45, 2.75) is 25.8 Å². The molecule has 96 valence electrons. The van der Waals surface area contributed by atoms with Gasteiger partial charge in [0.25, 0.3) is 0 Å². The molecule has 0 amide bonds. The van der Waals surface area contributed by atoms with Gasteiger partial charge < -0.3 is 9.73 Å². The molecule has 1 aromatic carbocycles. The molecule has 1 N–H and O–H groups in total. The molecule has 1 heterocycles. The number of hydrogen-bond donors (Lipinski definition) is 1. The van der Waals surface area contributed by atoms with Crippen LogP contribution in [-0.2, 0) is 6.54 Å². The van der Waals surface area contributed by atoms with Gasteiger partial charge >= 0.3 is 0 Å². The summed E-state index contributed by atoms with van der Waals surface area (Å²) in [6, 6.07) is 13.8. The number of anilines is 1. The van der Waals surface area contributed by atoms with Crippen LogP contribution in [0, 0.1) is 17.2 Å². The first kappa shape index (κ1) is 11.9. The fraction of sp³-hybridized carbons (Fsp3) is 0.312. The summed E-state index contributed by atoms with van der Waals surface area (Å²) in [7, 11) is 0. The van der Waals surface area contributed by atoms with E-state index in [4.69, 9.17) is 9.68 Å². The van der Waals surface area contributed by atoms with Crippen molar-refractivity contribution in [1.82, 2.24) is 0 Å². The van der Waals surface area contributed by atoms with E-state index in [-0.39, 0.29) is 0 Å². The van der Waals surface area contributed by atoms with Gasteiger partial charge in [-0.2, -0.15) is 5.26 Å². The molecular weight excluding hydrogens is 236 g/mol. The van der Waals surface area contributed by atoms with Crippen LogP contribution in [0.2, 0.25) is 0 Å². The minimum absolute atomic E-state index is 0.611. The zero-order valence-corrected chi connectivity index (χ0v) is 10.9. The molecule has 0 spiro atoms. The molecule has 1 aromatic heterocycles. The molecule has 0 aliphatic heterocycles. The summed E-state index contributed by atoms with van der Waals surface area (Å²) in [6.07, 6.45) is 1.23. The van der Waals surface area contributed by atoms with Gasteiger partial charge in [-0.25, -0.2) is 0 Å². The number of benzene rings is 1. The molecule has 0 bridgehead atoms. The number of nitrogens with one attached hydrogen (secondary N) is 1. The first-order chi connectivity index (χ1) is 9.28. The Bertz CT molecular complexity index is 624. The number of nitrogens with zero attached hydrogens (tertiary/aromatic N) is 1. The molecule has 2 atom stereocenters. The molecule has 1 saturated carbocycles. The van der Waals surface area contributed by atoms with Gasteiger partial charge in [0, 0.05) is 5.92 Å². The molecule has 1 fully saturated rings. The smallest absolute Gasteiger partial charge is 0.123 e. The maximum absolute atomic E-state index is 9.02. The molecule has 0 saturated heterocycles. The highest BCUT2D eigenvalue weighted by molar-refractivity contribution is 5.57. The van der Waals surface area contributed by atoms with Gasteiger partial charge in [-0.05, 0) is 36.6 Å². The van der Waals surface area contributed by atoms with E-state index in [0.29, 0.717) is 18.0 Å². The van der Waals surface area contributed by atoms with E-state index in [1.165, 1.54) is 6.42 Å². The van der Waals surface area contributed by atoms with Gasteiger partial charge in [-0.1, -0.05) is 19.1 Å². The topological polar surface area (TPSA) is 49.0 Å². The van der Waals surface area contributed by atoms with Crippen LogP contribution in [0.3, 0.4) is 0 Å². The van der Waals surface area contributed by atoms with Gasteiger partial charge in [0.2, 0.25) is 0 Å². The largest absolute Gasteiger partial charge is 0.464 e. The predicted octanol–water partition coefficient (Wildman–Crippen LogP) is 3.89. The van der Waals surface area contributed by atoms with Gasteiger partial charge in [-0.3, -0.25) is 0 Å². The van der Waals surface area contributed by atoms with Gasteiger partial charge in [-0.15, -0.1) is 0 Å². The van der Waals surface area contributed by atoms with Crippen molar-refractivity contribution in [1.29, 1.82) is 5.26 Å². The molecule has 3 nitrogen and oxygen atoms in total. The lowest BCUT2D eigenvalue weighted by Gasteiger charge is -2.05. The number of para-hydroxylation sites is 1. The molecule has 1 aliphatic rings. The third-order valence-electron chi connectivity index (χ3n) is 3.66. The molecule has 19 heavy (non-hydrogen) atoms. The van der Waals surface area contributed by atoms with Crippen LogP contribution in [0.15, 0.2) is 40.8 Å². The molecule has 2 unspecified atom stereocenters. The lowest BCUT2D eigenvalue weighted by Crippen LogP contribution is -1.99. The maximum Gasteiger partial charge on any atom is 0.123 e. The second kappa shape index (κ2) is 4.81. The zero-order chi connectivity index (χ0) is 13.2. The second-order valence-corrected chi connectivity index (χ2v) is 5.13. The Morgan fingerprint density at radius 1 is 1.32 bits per heavy atom. The van der Waals surface area contributed by atoms with E-state index < -0.39 is 0 Å². The van der Waals surface area contributed by atoms with Crippen LogP contribution in [0.25, 0.3) is 0 Å². The molecule has 2 aromatic rings. The zero-order valence-electron chi connectivity index (χ0n) is 10.9. The normalized spacial score (nSPS) is 20.8. The third kappa shape index (κ3) is 2.48. The van der Waals surface area contributed by atoms with E-state index in [1.54, 1.807) is 0 Å². The molecule has 3 heteroatoms. The quantitative estimate of drug-likeness (QED) is 0.898. The summed E-state index contributed by atoms with van der Waals surface area (Å²) < 4.78 is 5.83. The van der Waals surface area contributed by atoms with Crippen LogP contribution in [0.4, 0.5) is 5.69 Å². The Labute approximate surface area is 112 Å². The van der Waals surface area contributed by atoms with Crippen molar-refractivity contribution in [2.75, 3.05) is 5.32 Å². The van der Waals surface area contributed by atoms with Gasteiger partial charge in [0.1, 0.15) is 17.6 Å². The Morgan fingerprint density at radius 2 is 2.11 bits per heavy atom. The summed E-state index contributed by atoms with van der Waals surface area (Å²) in [4.78, 5) is 0. The maximum atomic E-state index is 9.02. The van der Waals surface area contributed by atoms with E-state index in [9.17, 15) is 0 Å². The van der Waals surface area contributed by atoms with Crippen molar-refractivity contribution in [2.24, 2.45) is 5.92 Å². The summed E-state index contributed by atoms with van der Waals surface area (Å²) >= 11 is 0. The van der Waals surface area contributed by atoms with Crippen molar-refractivity contribution in [3.63, 3.8) is 0 Å². The molecule has 3 rings (SSSR count). The van der Waals surface area contributed by atoms with Crippen LogP contribution >= 0.6 is 0 Å². The Balaban J connectivity index is 1.66. The fourth-order valence-electron chi connectivity index (χ4n) is 2.32. The van der Waals surface area contributed by atoms with Crippen molar-refractivity contribution in [3.05, 3.63) is 53.5 Å². The number of furan rings is 1. The van der Waals surface area contributed by atoms with Crippen LogP contribution in [-0.4, -0.2) is 0 Å². The molecule has 0 radical (unpaired) electrons. The lowest BCUT2D eigenvalue weighted by atomic mass is 10.2. The van der Waals surface area contributed by atoms with Crippen LogP contribution in [0.5, 0.6) is 0 Å².